The molecular weight excluding hydrogens is 524 g/mol. The van der Waals surface area contributed by atoms with Gasteiger partial charge in [0, 0.05) is 13.1 Å². The lowest BCUT2D eigenvalue weighted by molar-refractivity contribution is 0.0647. The molecule has 0 bridgehead atoms. The Balaban J connectivity index is 1.10. The predicted octanol–water partition coefficient (Wildman–Crippen LogP) is 5.87. The number of aryl methyl sites for hydroxylation is 2. The van der Waals surface area contributed by atoms with E-state index < -0.39 is 0 Å². The molecule has 6 nitrogen and oxygen atoms in total. The number of rotatable bonds is 6. The summed E-state index contributed by atoms with van der Waals surface area (Å²) in [5.74, 6) is -0.823. The maximum absolute atomic E-state index is 12.6. The summed E-state index contributed by atoms with van der Waals surface area (Å²) in [7, 11) is 0. The van der Waals surface area contributed by atoms with E-state index in [4.69, 9.17) is 0 Å². The van der Waals surface area contributed by atoms with Crippen LogP contribution in [0.4, 0.5) is 0 Å². The van der Waals surface area contributed by atoms with Crippen molar-refractivity contribution in [2.45, 2.75) is 39.5 Å². The van der Waals surface area contributed by atoms with Crippen LogP contribution in [0.25, 0.3) is 11.1 Å². The molecule has 7 rings (SSSR count). The van der Waals surface area contributed by atoms with E-state index in [9.17, 15) is 19.2 Å². The summed E-state index contributed by atoms with van der Waals surface area (Å²) in [6.07, 6.45) is 3.30. The van der Waals surface area contributed by atoms with Crippen molar-refractivity contribution in [1.82, 2.24) is 9.80 Å². The van der Waals surface area contributed by atoms with Crippen LogP contribution in [0, 0.1) is 0 Å². The van der Waals surface area contributed by atoms with E-state index in [1.807, 2.05) is 38.1 Å². The van der Waals surface area contributed by atoms with Gasteiger partial charge >= 0.3 is 0 Å². The zero-order valence-electron chi connectivity index (χ0n) is 23.7. The van der Waals surface area contributed by atoms with Gasteiger partial charge in [0.25, 0.3) is 23.6 Å². The van der Waals surface area contributed by atoms with E-state index >= 15 is 0 Å². The second-order valence-electron chi connectivity index (χ2n) is 11.3. The fourth-order valence-electron chi connectivity index (χ4n) is 6.66. The second-order valence-corrected chi connectivity index (χ2v) is 11.3. The third-order valence-electron chi connectivity index (χ3n) is 8.81. The maximum atomic E-state index is 12.6. The van der Waals surface area contributed by atoms with Crippen LogP contribution in [0.3, 0.4) is 0 Å². The van der Waals surface area contributed by atoms with Gasteiger partial charge in [-0.05, 0) is 108 Å². The minimum absolute atomic E-state index is 0.205. The fraction of sp³-hybridized carbons (Fsp3) is 0.222. The summed E-state index contributed by atoms with van der Waals surface area (Å²) in [4.78, 5) is 52.8. The molecule has 4 aromatic rings. The van der Waals surface area contributed by atoms with Crippen LogP contribution in [0.1, 0.15) is 88.7 Å². The van der Waals surface area contributed by atoms with Crippen LogP contribution in [-0.2, 0) is 25.7 Å². The molecule has 3 aliphatic rings. The van der Waals surface area contributed by atoms with Crippen LogP contribution in [0.2, 0.25) is 0 Å². The van der Waals surface area contributed by atoms with Crippen LogP contribution in [0.5, 0.6) is 0 Å². The summed E-state index contributed by atoms with van der Waals surface area (Å²) >= 11 is 0. The Labute approximate surface area is 244 Å². The van der Waals surface area contributed by atoms with Gasteiger partial charge in [-0.1, -0.05) is 48.5 Å². The number of hydrogen-bond donors (Lipinski definition) is 0. The zero-order chi connectivity index (χ0) is 29.1. The molecule has 4 aromatic carbocycles. The van der Waals surface area contributed by atoms with Gasteiger partial charge in [-0.15, -0.1) is 0 Å². The number of imide groups is 2. The first-order chi connectivity index (χ1) is 20.4. The number of nitrogens with zero attached hydrogens (tertiary/aromatic N) is 2. The van der Waals surface area contributed by atoms with Gasteiger partial charge in [0.15, 0.2) is 0 Å². The fourth-order valence-corrected chi connectivity index (χ4v) is 6.66. The first kappa shape index (κ1) is 26.1. The third kappa shape index (κ3) is 4.09. The van der Waals surface area contributed by atoms with Crippen molar-refractivity contribution in [3.8, 4) is 11.1 Å². The predicted molar refractivity (Wildman–Crippen MR) is 160 cm³/mol. The molecule has 0 saturated carbocycles. The smallest absolute Gasteiger partial charge is 0.261 e. The maximum Gasteiger partial charge on any atom is 0.261 e. The largest absolute Gasteiger partial charge is 0.275 e. The SMILES string of the molecule is CCN1C(=O)c2ccc(Cc3ccc4c(c3)CCc3cc(Cc5ccc6c(c5)C(=O)N(CC)C6=O)ccc3-4)cc2C1=O. The quantitative estimate of drug-likeness (QED) is 0.280. The zero-order valence-corrected chi connectivity index (χ0v) is 23.7. The first-order valence-corrected chi connectivity index (χ1v) is 14.6. The highest BCUT2D eigenvalue weighted by molar-refractivity contribution is 6.22. The Bertz CT molecular complexity index is 1720. The monoisotopic (exact) mass is 554 g/mol. The van der Waals surface area contributed by atoms with Crippen molar-refractivity contribution < 1.29 is 19.2 Å². The lowest BCUT2D eigenvalue weighted by Crippen LogP contribution is -2.29. The van der Waals surface area contributed by atoms with Crippen LogP contribution in [0.15, 0.2) is 72.8 Å². The molecule has 4 amide bonds. The molecule has 6 heteroatoms. The molecular formula is C36H30N2O4. The Kier molecular flexibility index (Phi) is 6.15. The van der Waals surface area contributed by atoms with Gasteiger partial charge in [-0.3, -0.25) is 29.0 Å². The normalized spacial score (nSPS) is 15.2. The molecule has 2 aliphatic heterocycles. The van der Waals surface area contributed by atoms with Crippen molar-refractivity contribution in [3.05, 3.63) is 128 Å². The number of carbonyl (C=O) groups is 4. The van der Waals surface area contributed by atoms with E-state index in [0.717, 1.165) is 24.0 Å². The van der Waals surface area contributed by atoms with Gasteiger partial charge in [0.2, 0.25) is 0 Å². The summed E-state index contributed by atoms with van der Waals surface area (Å²) in [5.41, 5.74) is 11.6. The Morgan fingerprint density at radius 3 is 1.17 bits per heavy atom. The standard InChI is InChI=1S/C36H30N2O4/c1-3-37-33(39)29-13-7-23(19-31(29)35(37)41)15-21-5-11-27-25(17-21)9-10-26-18-22(6-12-28(26)27)16-24-8-14-30-32(20-24)36(42)38(4-2)34(30)40/h5-8,11-14,17-20H,3-4,9-10,15-16H2,1-2H3. The van der Waals surface area contributed by atoms with Crippen molar-refractivity contribution in [3.63, 3.8) is 0 Å². The van der Waals surface area contributed by atoms with Crippen molar-refractivity contribution in [2.24, 2.45) is 0 Å². The average molecular weight is 555 g/mol. The van der Waals surface area contributed by atoms with Crippen molar-refractivity contribution >= 4 is 23.6 Å². The number of hydrogen-bond acceptors (Lipinski definition) is 4. The average Bonchev–Trinajstić information content (AvgIpc) is 3.39. The highest BCUT2D eigenvalue weighted by Crippen LogP contribution is 2.36. The van der Waals surface area contributed by atoms with Crippen LogP contribution >= 0.6 is 0 Å². The van der Waals surface area contributed by atoms with Gasteiger partial charge in [-0.2, -0.15) is 0 Å². The number of benzene rings is 4. The van der Waals surface area contributed by atoms with E-state index in [1.165, 1.54) is 43.2 Å². The molecule has 42 heavy (non-hydrogen) atoms. The van der Waals surface area contributed by atoms with E-state index in [0.29, 0.717) is 48.2 Å². The molecule has 0 unspecified atom stereocenters. The van der Waals surface area contributed by atoms with Crippen molar-refractivity contribution in [2.75, 3.05) is 13.1 Å². The highest BCUT2D eigenvalue weighted by atomic mass is 16.2. The number of amides is 4. The minimum atomic E-state index is -0.207. The third-order valence-corrected chi connectivity index (χ3v) is 8.81. The molecule has 1 aliphatic carbocycles. The summed E-state index contributed by atoms with van der Waals surface area (Å²) in [5, 5.41) is 0. The Hall–Kier alpha value is -4.84. The van der Waals surface area contributed by atoms with Crippen LogP contribution < -0.4 is 0 Å². The molecule has 208 valence electrons. The second kappa shape index (κ2) is 9.91. The topological polar surface area (TPSA) is 74.8 Å². The summed E-state index contributed by atoms with van der Waals surface area (Å²) in [6.45, 7) is 4.39. The summed E-state index contributed by atoms with van der Waals surface area (Å²) in [6, 6.07) is 24.5. The minimum Gasteiger partial charge on any atom is -0.275 e. The highest BCUT2D eigenvalue weighted by Gasteiger charge is 2.35. The molecule has 0 atom stereocenters. The molecule has 0 aromatic heterocycles. The van der Waals surface area contributed by atoms with Gasteiger partial charge < -0.3 is 0 Å². The number of carbonyl (C=O) groups excluding carboxylic acids is 4. The molecule has 0 radical (unpaired) electrons. The lowest BCUT2D eigenvalue weighted by atomic mass is 9.83. The van der Waals surface area contributed by atoms with Crippen LogP contribution in [-0.4, -0.2) is 46.5 Å². The molecule has 0 saturated heterocycles. The van der Waals surface area contributed by atoms with E-state index in [2.05, 4.69) is 36.4 Å². The van der Waals surface area contributed by atoms with Crippen molar-refractivity contribution in [1.29, 1.82) is 0 Å². The Morgan fingerprint density at radius 1 is 0.452 bits per heavy atom. The van der Waals surface area contributed by atoms with E-state index in [1.54, 1.807) is 12.1 Å². The summed E-state index contributed by atoms with van der Waals surface area (Å²) < 4.78 is 0. The Morgan fingerprint density at radius 2 is 0.786 bits per heavy atom. The molecule has 2 heterocycles. The van der Waals surface area contributed by atoms with Gasteiger partial charge in [0.1, 0.15) is 0 Å². The number of fused-ring (bicyclic) bond motifs is 5. The molecule has 0 N–H and O–H groups in total. The lowest BCUT2D eigenvalue weighted by Gasteiger charge is -2.22. The van der Waals surface area contributed by atoms with Gasteiger partial charge in [-0.25, -0.2) is 0 Å². The van der Waals surface area contributed by atoms with E-state index in [-0.39, 0.29) is 23.6 Å². The molecule has 0 spiro atoms. The molecule has 0 fully saturated rings. The van der Waals surface area contributed by atoms with Gasteiger partial charge in [0.05, 0.1) is 22.3 Å². The first-order valence-electron chi connectivity index (χ1n) is 14.6.